The fourth-order valence-electron chi connectivity index (χ4n) is 2.86. The van der Waals surface area contributed by atoms with Crippen LogP contribution in [0.5, 0.6) is 17.2 Å². The van der Waals surface area contributed by atoms with E-state index >= 15 is 0 Å². The number of amides is 1. The number of nitrogens with one attached hydrogen (secondary N) is 2. The number of aromatic nitrogens is 4. The number of ether oxygens (including phenoxy) is 3. The van der Waals surface area contributed by atoms with Gasteiger partial charge in [-0.15, -0.1) is 10.2 Å². The average Bonchev–Trinajstić information content (AvgIpc) is 3.26. The van der Waals surface area contributed by atoms with E-state index in [2.05, 4.69) is 25.9 Å². The molecule has 0 fully saturated rings. The van der Waals surface area contributed by atoms with E-state index in [1.54, 1.807) is 51.7 Å². The Morgan fingerprint density at radius 2 is 1.86 bits per heavy atom. The van der Waals surface area contributed by atoms with Crippen molar-refractivity contribution in [3.05, 3.63) is 53.9 Å². The topological polar surface area (TPSA) is 111 Å². The lowest BCUT2D eigenvalue weighted by Crippen LogP contribution is -2.24. The molecule has 9 nitrogen and oxygen atoms in total. The second-order valence-electron chi connectivity index (χ2n) is 5.90. The van der Waals surface area contributed by atoms with Crippen molar-refractivity contribution in [1.82, 2.24) is 20.6 Å². The van der Waals surface area contributed by atoms with Gasteiger partial charge in [-0.05, 0) is 42.3 Å². The number of rotatable bonds is 8. The molecule has 2 aromatic carbocycles. The van der Waals surface area contributed by atoms with Crippen molar-refractivity contribution in [2.45, 2.75) is 12.3 Å². The maximum absolute atomic E-state index is 13.0. The molecular formula is C19H21N5O4. The van der Waals surface area contributed by atoms with Crippen LogP contribution in [0.3, 0.4) is 0 Å². The summed E-state index contributed by atoms with van der Waals surface area (Å²) in [6.07, 6.45) is 0.307. The van der Waals surface area contributed by atoms with E-state index in [4.69, 9.17) is 14.2 Å². The van der Waals surface area contributed by atoms with Crippen LogP contribution in [0.25, 0.3) is 0 Å². The maximum Gasteiger partial charge on any atom is 0.235 e. The number of hydrogen-bond donors (Lipinski definition) is 2. The Morgan fingerprint density at radius 3 is 2.46 bits per heavy atom. The van der Waals surface area contributed by atoms with Gasteiger partial charge in [0.1, 0.15) is 11.7 Å². The number of carbonyl (C=O) groups excluding carboxylic acids is 1. The Balaban J connectivity index is 1.87. The molecule has 146 valence electrons. The molecule has 9 heteroatoms. The molecule has 3 aromatic rings. The van der Waals surface area contributed by atoms with E-state index in [9.17, 15) is 4.79 Å². The molecule has 1 amide bonds. The van der Waals surface area contributed by atoms with Gasteiger partial charge in [-0.25, -0.2) is 0 Å². The molecule has 28 heavy (non-hydrogen) atoms. The van der Waals surface area contributed by atoms with Crippen LogP contribution in [-0.2, 0) is 11.2 Å². The SMILES string of the molecule is COc1ccc(NC(=O)[C@@H](Cc2cccc(OC)c2OC)c2nn[nH]n2)cc1. The zero-order chi connectivity index (χ0) is 19.9. The number of nitrogens with zero attached hydrogens (tertiary/aromatic N) is 3. The minimum Gasteiger partial charge on any atom is -0.497 e. The van der Waals surface area contributed by atoms with Gasteiger partial charge in [0.05, 0.1) is 21.3 Å². The summed E-state index contributed by atoms with van der Waals surface area (Å²) in [7, 11) is 4.71. The Hall–Kier alpha value is -3.62. The highest BCUT2D eigenvalue weighted by Gasteiger charge is 2.27. The van der Waals surface area contributed by atoms with Gasteiger partial charge in [0.2, 0.25) is 5.91 Å². The van der Waals surface area contributed by atoms with Crippen molar-refractivity contribution in [3.63, 3.8) is 0 Å². The van der Waals surface area contributed by atoms with Crippen LogP contribution in [0.2, 0.25) is 0 Å². The second-order valence-corrected chi connectivity index (χ2v) is 5.90. The van der Waals surface area contributed by atoms with E-state index in [0.29, 0.717) is 29.4 Å². The summed E-state index contributed by atoms with van der Waals surface area (Å²) in [4.78, 5) is 13.0. The maximum atomic E-state index is 13.0. The fraction of sp³-hybridized carbons (Fsp3) is 0.263. The number of tetrazole rings is 1. The lowest BCUT2D eigenvalue weighted by Gasteiger charge is -2.17. The van der Waals surface area contributed by atoms with Crippen LogP contribution >= 0.6 is 0 Å². The quantitative estimate of drug-likeness (QED) is 0.613. The molecule has 1 atom stereocenters. The van der Waals surface area contributed by atoms with Gasteiger partial charge in [0.15, 0.2) is 17.3 Å². The van der Waals surface area contributed by atoms with Crippen molar-refractivity contribution >= 4 is 11.6 Å². The number of H-pyrrole nitrogens is 1. The van der Waals surface area contributed by atoms with Crippen molar-refractivity contribution in [1.29, 1.82) is 0 Å². The Kier molecular flexibility index (Phi) is 6.05. The minimum absolute atomic E-state index is 0.267. The van der Waals surface area contributed by atoms with E-state index < -0.39 is 5.92 Å². The normalized spacial score (nSPS) is 11.5. The number of carbonyl (C=O) groups is 1. The highest BCUT2D eigenvalue weighted by atomic mass is 16.5. The van der Waals surface area contributed by atoms with Crippen LogP contribution in [0.1, 0.15) is 17.3 Å². The first kappa shape index (κ1) is 19.2. The van der Waals surface area contributed by atoms with Gasteiger partial charge >= 0.3 is 0 Å². The molecule has 0 spiro atoms. The fourth-order valence-corrected chi connectivity index (χ4v) is 2.86. The summed E-state index contributed by atoms with van der Waals surface area (Å²) >= 11 is 0. The molecule has 3 rings (SSSR count). The van der Waals surface area contributed by atoms with E-state index in [1.165, 1.54) is 0 Å². The van der Waals surface area contributed by atoms with Gasteiger partial charge in [-0.1, -0.05) is 17.3 Å². The summed E-state index contributed by atoms with van der Waals surface area (Å²) in [6, 6.07) is 12.6. The molecule has 0 saturated carbocycles. The monoisotopic (exact) mass is 383 g/mol. The molecule has 0 radical (unpaired) electrons. The number of benzene rings is 2. The zero-order valence-corrected chi connectivity index (χ0v) is 15.8. The van der Waals surface area contributed by atoms with Crippen molar-refractivity contribution in [2.24, 2.45) is 0 Å². The number of methoxy groups -OCH3 is 3. The lowest BCUT2D eigenvalue weighted by molar-refractivity contribution is -0.117. The molecule has 0 saturated heterocycles. The summed E-state index contributed by atoms with van der Waals surface area (Å²) in [6.45, 7) is 0. The Labute approximate surface area is 162 Å². The first-order chi connectivity index (χ1) is 13.7. The number of hydrogen-bond acceptors (Lipinski definition) is 7. The van der Waals surface area contributed by atoms with Crippen LogP contribution in [-0.4, -0.2) is 47.9 Å². The third kappa shape index (κ3) is 4.20. The largest absolute Gasteiger partial charge is 0.497 e. The molecule has 1 heterocycles. The van der Waals surface area contributed by atoms with Crippen LogP contribution in [0.4, 0.5) is 5.69 Å². The third-order valence-corrected chi connectivity index (χ3v) is 4.26. The molecular weight excluding hydrogens is 362 g/mol. The average molecular weight is 383 g/mol. The lowest BCUT2D eigenvalue weighted by atomic mass is 9.96. The predicted molar refractivity (Wildman–Crippen MR) is 102 cm³/mol. The predicted octanol–water partition coefficient (Wildman–Crippen LogP) is 2.19. The second kappa shape index (κ2) is 8.85. The van der Waals surface area contributed by atoms with Crippen LogP contribution in [0, 0.1) is 0 Å². The third-order valence-electron chi connectivity index (χ3n) is 4.26. The first-order valence-corrected chi connectivity index (χ1v) is 8.54. The molecule has 0 aliphatic rings. The van der Waals surface area contributed by atoms with Gasteiger partial charge in [-0.3, -0.25) is 4.79 Å². The number of para-hydroxylation sites is 1. The Morgan fingerprint density at radius 1 is 1.07 bits per heavy atom. The van der Waals surface area contributed by atoms with E-state index in [0.717, 1.165) is 5.56 Å². The van der Waals surface area contributed by atoms with Crippen LogP contribution in [0.15, 0.2) is 42.5 Å². The number of aromatic amines is 1. The smallest absolute Gasteiger partial charge is 0.235 e. The molecule has 0 unspecified atom stereocenters. The molecule has 2 N–H and O–H groups in total. The van der Waals surface area contributed by atoms with Gasteiger partial charge in [0.25, 0.3) is 0 Å². The van der Waals surface area contributed by atoms with Crippen LogP contribution < -0.4 is 19.5 Å². The molecule has 1 aromatic heterocycles. The zero-order valence-electron chi connectivity index (χ0n) is 15.8. The molecule has 0 aliphatic heterocycles. The summed E-state index contributed by atoms with van der Waals surface area (Å²) in [5.41, 5.74) is 1.43. The highest BCUT2D eigenvalue weighted by molar-refractivity contribution is 5.95. The molecule has 0 aliphatic carbocycles. The summed E-state index contributed by atoms with van der Waals surface area (Å²) < 4.78 is 16.0. The highest BCUT2D eigenvalue weighted by Crippen LogP contribution is 2.34. The minimum atomic E-state index is -0.679. The summed E-state index contributed by atoms with van der Waals surface area (Å²) in [5.74, 6) is 1.20. The van der Waals surface area contributed by atoms with Crippen molar-refractivity contribution in [2.75, 3.05) is 26.6 Å². The standard InChI is InChI=1S/C19H21N5O4/c1-26-14-9-7-13(8-10-14)20-19(25)15(18-21-23-24-22-18)11-12-5-4-6-16(27-2)17(12)28-3/h4-10,15H,11H2,1-3H3,(H,20,25)(H,21,22,23,24)/t15-/m0/s1. The molecule has 0 bridgehead atoms. The van der Waals surface area contributed by atoms with Gasteiger partial charge in [-0.2, -0.15) is 5.21 Å². The number of anilines is 1. The summed E-state index contributed by atoms with van der Waals surface area (Å²) in [5, 5.41) is 16.9. The van der Waals surface area contributed by atoms with Crippen molar-refractivity contribution < 1.29 is 19.0 Å². The first-order valence-electron chi connectivity index (χ1n) is 8.54. The Bertz CT molecular complexity index is 913. The van der Waals surface area contributed by atoms with E-state index in [1.807, 2.05) is 12.1 Å². The van der Waals surface area contributed by atoms with Gasteiger partial charge < -0.3 is 19.5 Å². The van der Waals surface area contributed by atoms with Gasteiger partial charge in [0, 0.05) is 5.69 Å². The van der Waals surface area contributed by atoms with E-state index in [-0.39, 0.29) is 11.7 Å². The van der Waals surface area contributed by atoms with Crippen molar-refractivity contribution in [3.8, 4) is 17.2 Å².